The lowest BCUT2D eigenvalue weighted by Gasteiger charge is -2.47. The van der Waals surface area contributed by atoms with Gasteiger partial charge in [0.1, 0.15) is 17.0 Å². The molecule has 2 aliphatic carbocycles. The first-order valence-corrected chi connectivity index (χ1v) is 13.5. The molecule has 8 nitrogen and oxygen atoms in total. The molecule has 1 aromatic carbocycles. The van der Waals surface area contributed by atoms with E-state index in [2.05, 4.69) is 10.6 Å². The summed E-state index contributed by atoms with van der Waals surface area (Å²) in [6.45, 7) is 3.71. The fraction of sp³-hybridized carbons (Fsp3) is 0.607. The smallest absolute Gasteiger partial charge is 0.273 e. The molecule has 8 heteroatoms. The Morgan fingerprint density at radius 3 is 2.33 bits per heavy atom. The van der Waals surface area contributed by atoms with Crippen LogP contribution in [-0.4, -0.2) is 51.9 Å². The number of benzene rings is 1. The van der Waals surface area contributed by atoms with Crippen molar-refractivity contribution in [1.29, 1.82) is 0 Å². The lowest BCUT2D eigenvalue weighted by atomic mass is 9.91. The summed E-state index contributed by atoms with van der Waals surface area (Å²) in [6, 6.07) is 5.77. The molecular formula is C28H38N4O4. The van der Waals surface area contributed by atoms with Crippen LogP contribution in [0.3, 0.4) is 0 Å². The second kappa shape index (κ2) is 9.79. The minimum absolute atomic E-state index is 0.00820. The van der Waals surface area contributed by atoms with Crippen LogP contribution in [0.2, 0.25) is 0 Å². The van der Waals surface area contributed by atoms with E-state index in [9.17, 15) is 14.4 Å². The van der Waals surface area contributed by atoms with Crippen LogP contribution < -0.4 is 15.4 Å². The van der Waals surface area contributed by atoms with Gasteiger partial charge in [0.25, 0.3) is 5.91 Å². The number of ether oxygens (including phenoxy) is 1. The monoisotopic (exact) mass is 494 g/mol. The van der Waals surface area contributed by atoms with Crippen LogP contribution in [0.15, 0.2) is 18.2 Å². The Balaban J connectivity index is 1.62. The number of aromatic nitrogens is 1. The average molecular weight is 495 g/mol. The van der Waals surface area contributed by atoms with Crippen LogP contribution in [0.1, 0.15) is 88.5 Å². The predicted molar refractivity (Wildman–Crippen MR) is 139 cm³/mol. The van der Waals surface area contributed by atoms with Gasteiger partial charge in [-0.2, -0.15) is 0 Å². The first kappa shape index (κ1) is 24.7. The molecule has 0 spiro atoms. The Morgan fingerprint density at radius 1 is 1.03 bits per heavy atom. The lowest BCUT2D eigenvalue weighted by molar-refractivity contribution is -0.135. The highest BCUT2D eigenvalue weighted by atomic mass is 16.5. The maximum Gasteiger partial charge on any atom is 0.273 e. The van der Waals surface area contributed by atoms with Crippen LogP contribution in [-0.2, 0) is 16.1 Å². The van der Waals surface area contributed by atoms with Gasteiger partial charge in [-0.3, -0.25) is 14.4 Å². The summed E-state index contributed by atoms with van der Waals surface area (Å²) in [6.07, 6.45) is 10.5. The summed E-state index contributed by atoms with van der Waals surface area (Å²) in [5.41, 5.74) is 0.725. The zero-order chi connectivity index (χ0) is 25.4. The first-order valence-electron chi connectivity index (χ1n) is 13.5. The van der Waals surface area contributed by atoms with Crippen molar-refractivity contribution in [2.45, 2.75) is 102 Å². The molecule has 0 bridgehead atoms. The fourth-order valence-electron chi connectivity index (χ4n) is 6.55. The van der Waals surface area contributed by atoms with Crippen LogP contribution in [0.25, 0.3) is 10.9 Å². The highest BCUT2D eigenvalue weighted by molar-refractivity contribution is 6.14. The third kappa shape index (κ3) is 4.24. The molecule has 5 rings (SSSR count). The van der Waals surface area contributed by atoms with Crippen molar-refractivity contribution >= 4 is 34.3 Å². The Kier molecular flexibility index (Phi) is 6.70. The number of fused-ring (bicyclic) bond motifs is 3. The molecule has 1 aromatic heterocycles. The van der Waals surface area contributed by atoms with E-state index in [1.807, 2.05) is 34.6 Å². The number of nitrogens with zero attached hydrogens (tertiary/aromatic N) is 2. The van der Waals surface area contributed by atoms with Crippen molar-refractivity contribution in [2.24, 2.45) is 0 Å². The molecule has 3 aliphatic rings. The van der Waals surface area contributed by atoms with Gasteiger partial charge in [-0.25, -0.2) is 0 Å². The molecule has 2 aromatic rings. The lowest BCUT2D eigenvalue weighted by Crippen LogP contribution is -2.67. The molecule has 0 radical (unpaired) electrons. The van der Waals surface area contributed by atoms with Gasteiger partial charge in [-0.15, -0.1) is 0 Å². The van der Waals surface area contributed by atoms with Gasteiger partial charge in [0.15, 0.2) is 0 Å². The van der Waals surface area contributed by atoms with Crippen LogP contribution in [0.4, 0.5) is 5.69 Å². The quantitative estimate of drug-likeness (QED) is 0.594. The molecule has 194 valence electrons. The van der Waals surface area contributed by atoms with Gasteiger partial charge in [-0.05, 0) is 50.8 Å². The van der Waals surface area contributed by atoms with E-state index in [4.69, 9.17) is 4.74 Å². The Labute approximate surface area is 212 Å². The minimum Gasteiger partial charge on any atom is -0.497 e. The van der Waals surface area contributed by atoms with Crippen molar-refractivity contribution in [3.63, 3.8) is 0 Å². The molecule has 2 heterocycles. The molecule has 0 saturated heterocycles. The van der Waals surface area contributed by atoms with E-state index >= 15 is 0 Å². The van der Waals surface area contributed by atoms with E-state index in [-0.39, 0.29) is 29.8 Å². The number of anilines is 1. The number of carbonyl (C=O) groups is 3. The standard InChI is InChI=1S/C28H38N4O4/c1-18(33)29-24-22-16-21(36-3)14-15-23(22)31-17-28(2,27(35)30-19-10-6-4-5-7-11-19)32(26(34)25(24)31)20-12-8-9-13-20/h14-16,19-20H,4-13,17H2,1-3H3,(H,29,33)(H,30,35)/t28-/m1/s1. The average Bonchev–Trinajstić information content (AvgIpc) is 3.38. The number of methoxy groups -OCH3 is 1. The van der Waals surface area contributed by atoms with Gasteiger partial charge < -0.3 is 24.8 Å². The van der Waals surface area contributed by atoms with Crippen LogP contribution in [0.5, 0.6) is 5.75 Å². The Hall–Kier alpha value is -3.03. The maximum atomic E-state index is 14.3. The van der Waals surface area contributed by atoms with Crippen molar-refractivity contribution < 1.29 is 19.1 Å². The molecule has 36 heavy (non-hydrogen) atoms. The molecule has 2 N–H and O–H groups in total. The molecule has 0 unspecified atom stereocenters. The summed E-state index contributed by atoms with van der Waals surface area (Å²) in [5.74, 6) is 0.140. The van der Waals surface area contributed by atoms with Crippen LogP contribution >= 0.6 is 0 Å². The SMILES string of the molecule is COc1ccc2c(c1)c(NC(C)=O)c1n2C[C@](C)(C(=O)NC2CCCCCC2)N(C2CCCC2)C1=O. The summed E-state index contributed by atoms with van der Waals surface area (Å²) in [4.78, 5) is 42.4. The van der Waals surface area contributed by atoms with E-state index in [1.54, 1.807) is 7.11 Å². The molecular weight excluding hydrogens is 456 g/mol. The fourth-order valence-corrected chi connectivity index (χ4v) is 6.55. The summed E-state index contributed by atoms with van der Waals surface area (Å²) >= 11 is 0. The van der Waals surface area contributed by atoms with Crippen molar-refractivity contribution in [2.75, 3.05) is 12.4 Å². The summed E-state index contributed by atoms with van der Waals surface area (Å²) in [5, 5.41) is 7.00. The molecule has 3 amide bonds. The van der Waals surface area contributed by atoms with Gasteiger partial charge in [0.2, 0.25) is 11.8 Å². The third-order valence-corrected chi connectivity index (χ3v) is 8.36. The third-order valence-electron chi connectivity index (χ3n) is 8.36. The normalized spacial score (nSPS) is 23.4. The van der Waals surface area contributed by atoms with Crippen LogP contribution in [0, 0.1) is 0 Å². The highest BCUT2D eigenvalue weighted by Crippen LogP contribution is 2.42. The first-order chi connectivity index (χ1) is 17.3. The number of nitrogens with one attached hydrogen (secondary N) is 2. The van der Waals surface area contributed by atoms with Gasteiger partial charge in [0, 0.05) is 24.4 Å². The van der Waals surface area contributed by atoms with E-state index in [1.165, 1.54) is 19.8 Å². The number of carbonyl (C=O) groups excluding carboxylic acids is 3. The largest absolute Gasteiger partial charge is 0.497 e. The number of rotatable bonds is 5. The molecule has 2 saturated carbocycles. The summed E-state index contributed by atoms with van der Waals surface area (Å²) < 4.78 is 7.37. The van der Waals surface area contributed by atoms with E-state index in [0.717, 1.165) is 62.3 Å². The molecule has 1 atom stereocenters. The van der Waals surface area contributed by atoms with Crippen molar-refractivity contribution in [1.82, 2.24) is 14.8 Å². The topological polar surface area (TPSA) is 92.7 Å². The van der Waals surface area contributed by atoms with E-state index < -0.39 is 5.54 Å². The predicted octanol–water partition coefficient (Wildman–Crippen LogP) is 4.60. The van der Waals surface area contributed by atoms with Gasteiger partial charge >= 0.3 is 0 Å². The highest BCUT2D eigenvalue weighted by Gasteiger charge is 2.52. The summed E-state index contributed by atoms with van der Waals surface area (Å²) in [7, 11) is 1.59. The van der Waals surface area contributed by atoms with Crippen molar-refractivity contribution in [3.05, 3.63) is 23.9 Å². The number of amides is 3. The second-order valence-electron chi connectivity index (χ2n) is 10.9. The zero-order valence-electron chi connectivity index (χ0n) is 21.7. The van der Waals surface area contributed by atoms with Gasteiger partial charge in [-0.1, -0.05) is 38.5 Å². The zero-order valence-corrected chi connectivity index (χ0v) is 21.7. The second-order valence-corrected chi connectivity index (χ2v) is 10.9. The Morgan fingerprint density at radius 2 is 1.69 bits per heavy atom. The minimum atomic E-state index is -1.02. The Bertz CT molecular complexity index is 1170. The van der Waals surface area contributed by atoms with Crippen molar-refractivity contribution in [3.8, 4) is 5.75 Å². The maximum absolute atomic E-state index is 14.3. The molecule has 2 fully saturated rings. The molecule has 1 aliphatic heterocycles. The number of hydrogen-bond donors (Lipinski definition) is 2. The van der Waals surface area contributed by atoms with Gasteiger partial charge in [0.05, 0.1) is 24.9 Å². The van der Waals surface area contributed by atoms with E-state index in [0.29, 0.717) is 23.7 Å². The number of hydrogen-bond acceptors (Lipinski definition) is 4.